The molecular weight excluding hydrogens is 450 g/mol. The van der Waals surface area contributed by atoms with Gasteiger partial charge in [0.1, 0.15) is 12.1 Å². The quantitative estimate of drug-likeness (QED) is 0.485. The van der Waals surface area contributed by atoms with E-state index in [0.717, 1.165) is 17.0 Å². The molecule has 1 aliphatic rings. The summed E-state index contributed by atoms with van der Waals surface area (Å²) < 4.78 is 7.05. The van der Waals surface area contributed by atoms with Gasteiger partial charge in [-0.25, -0.2) is 0 Å². The number of benzene rings is 2. The number of methoxy groups -OCH3 is 1. The van der Waals surface area contributed by atoms with Crippen molar-refractivity contribution < 1.29 is 14.3 Å². The highest BCUT2D eigenvalue weighted by Crippen LogP contribution is 2.26. The molecule has 1 aromatic heterocycles. The Morgan fingerprint density at radius 1 is 0.971 bits per heavy atom. The standard InChI is InChI=1S/C25H29N5O3S/c1-25(2,19-7-5-4-6-8-19)23(32)29-15-13-28(14-16-29)22(31)17-34-24-27-26-18-30(24)20-9-11-21(33-3)12-10-20/h4-12,18H,13-17H2,1-3H3. The molecule has 1 fully saturated rings. The second-order valence-electron chi connectivity index (χ2n) is 8.63. The van der Waals surface area contributed by atoms with Crippen LogP contribution in [-0.4, -0.2) is 75.4 Å². The Morgan fingerprint density at radius 3 is 2.26 bits per heavy atom. The predicted octanol–water partition coefficient (Wildman–Crippen LogP) is 3.02. The smallest absolute Gasteiger partial charge is 0.233 e. The molecule has 2 amide bonds. The van der Waals surface area contributed by atoms with Crippen LogP contribution in [0.3, 0.4) is 0 Å². The van der Waals surface area contributed by atoms with Gasteiger partial charge in [0, 0.05) is 31.9 Å². The van der Waals surface area contributed by atoms with Crippen molar-refractivity contribution in [3.05, 3.63) is 66.5 Å². The lowest BCUT2D eigenvalue weighted by molar-refractivity contribution is -0.141. The lowest BCUT2D eigenvalue weighted by Crippen LogP contribution is -2.54. The fraction of sp³-hybridized carbons (Fsp3) is 0.360. The number of piperazine rings is 1. The van der Waals surface area contributed by atoms with E-state index in [1.807, 2.05) is 82.8 Å². The van der Waals surface area contributed by atoms with E-state index in [4.69, 9.17) is 4.74 Å². The van der Waals surface area contributed by atoms with Gasteiger partial charge in [-0.15, -0.1) is 10.2 Å². The molecule has 2 heterocycles. The van der Waals surface area contributed by atoms with Gasteiger partial charge in [0.05, 0.1) is 18.3 Å². The van der Waals surface area contributed by atoms with Gasteiger partial charge in [-0.3, -0.25) is 14.2 Å². The van der Waals surface area contributed by atoms with E-state index in [1.54, 1.807) is 13.4 Å². The highest BCUT2D eigenvalue weighted by molar-refractivity contribution is 7.99. The average molecular weight is 480 g/mol. The topological polar surface area (TPSA) is 80.6 Å². The lowest BCUT2D eigenvalue weighted by atomic mass is 9.83. The second-order valence-corrected chi connectivity index (χ2v) is 9.58. The summed E-state index contributed by atoms with van der Waals surface area (Å²) in [5, 5.41) is 8.81. The summed E-state index contributed by atoms with van der Waals surface area (Å²) in [7, 11) is 1.63. The second kappa shape index (κ2) is 10.3. The molecule has 0 spiro atoms. The van der Waals surface area contributed by atoms with Crippen LogP contribution in [0.4, 0.5) is 0 Å². The third-order valence-corrected chi connectivity index (χ3v) is 7.07. The zero-order valence-corrected chi connectivity index (χ0v) is 20.5. The summed E-state index contributed by atoms with van der Waals surface area (Å²) in [5.74, 6) is 1.15. The third kappa shape index (κ3) is 5.09. The SMILES string of the molecule is COc1ccc(-n2cnnc2SCC(=O)N2CCN(C(=O)C(C)(C)c3ccccc3)CC2)cc1. The minimum Gasteiger partial charge on any atom is -0.497 e. The number of thioether (sulfide) groups is 1. The maximum atomic E-state index is 13.2. The van der Waals surface area contributed by atoms with Gasteiger partial charge in [-0.2, -0.15) is 0 Å². The van der Waals surface area contributed by atoms with Gasteiger partial charge in [-0.1, -0.05) is 42.1 Å². The summed E-state index contributed by atoms with van der Waals surface area (Å²) in [6, 6.07) is 17.4. The highest BCUT2D eigenvalue weighted by atomic mass is 32.2. The van der Waals surface area contributed by atoms with Crippen LogP contribution in [-0.2, 0) is 15.0 Å². The highest BCUT2D eigenvalue weighted by Gasteiger charge is 2.35. The van der Waals surface area contributed by atoms with Crippen molar-refractivity contribution in [3.8, 4) is 11.4 Å². The molecule has 0 unspecified atom stereocenters. The Kier molecular flexibility index (Phi) is 7.21. The number of rotatable bonds is 7. The van der Waals surface area contributed by atoms with Crippen molar-refractivity contribution in [2.45, 2.75) is 24.4 Å². The summed E-state index contributed by atoms with van der Waals surface area (Å²) >= 11 is 1.36. The zero-order chi connectivity index (χ0) is 24.1. The molecule has 0 atom stereocenters. The first kappa shape index (κ1) is 23.8. The van der Waals surface area contributed by atoms with Gasteiger partial charge in [0.2, 0.25) is 11.8 Å². The van der Waals surface area contributed by atoms with Crippen LogP contribution in [0.15, 0.2) is 66.1 Å². The molecule has 34 heavy (non-hydrogen) atoms. The van der Waals surface area contributed by atoms with Crippen LogP contribution in [0.1, 0.15) is 19.4 Å². The van der Waals surface area contributed by atoms with Crippen molar-refractivity contribution in [2.75, 3.05) is 39.0 Å². The molecule has 9 heteroatoms. The van der Waals surface area contributed by atoms with Gasteiger partial charge < -0.3 is 14.5 Å². The molecule has 0 radical (unpaired) electrons. The van der Waals surface area contributed by atoms with Crippen molar-refractivity contribution >= 4 is 23.6 Å². The summed E-state index contributed by atoms with van der Waals surface area (Å²) in [4.78, 5) is 29.7. The van der Waals surface area contributed by atoms with Crippen LogP contribution < -0.4 is 4.74 Å². The Balaban J connectivity index is 1.31. The van der Waals surface area contributed by atoms with E-state index in [0.29, 0.717) is 31.3 Å². The van der Waals surface area contributed by atoms with Crippen molar-refractivity contribution in [3.63, 3.8) is 0 Å². The molecule has 0 N–H and O–H groups in total. The van der Waals surface area contributed by atoms with Gasteiger partial charge in [0.25, 0.3) is 0 Å². The first-order chi connectivity index (χ1) is 16.4. The maximum absolute atomic E-state index is 13.2. The molecule has 2 aromatic carbocycles. The Labute approximate surface area is 203 Å². The molecular formula is C25H29N5O3S. The number of carbonyl (C=O) groups is 2. The van der Waals surface area contributed by atoms with Gasteiger partial charge in [0.15, 0.2) is 5.16 Å². The van der Waals surface area contributed by atoms with Crippen molar-refractivity contribution in [2.24, 2.45) is 0 Å². The number of ether oxygens (including phenoxy) is 1. The molecule has 1 saturated heterocycles. The lowest BCUT2D eigenvalue weighted by Gasteiger charge is -2.38. The number of carbonyl (C=O) groups excluding carboxylic acids is 2. The molecule has 0 aliphatic carbocycles. The average Bonchev–Trinajstić information content (AvgIpc) is 3.36. The fourth-order valence-corrected chi connectivity index (χ4v) is 4.82. The van der Waals surface area contributed by atoms with Gasteiger partial charge in [-0.05, 0) is 43.7 Å². The molecule has 4 rings (SSSR count). The van der Waals surface area contributed by atoms with Crippen LogP contribution >= 0.6 is 11.8 Å². The summed E-state index contributed by atoms with van der Waals surface area (Å²) in [6.07, 6.45) is 1.63. The maximum Gasteiger partial charge on any atom is 0.233 e. The summed E-state index contributed by atoms with van der Waals surface area (Å²) in [6.45, 7) is 6.04. The van der Waals surface area contributed by atoms with E-state index in [2.05, 4.69) is 10.2 Å². The molecule has 0 saturated carbocycles. The number of hydrogen-bond donors (Lipinski definition) is 0. The molecule has 178 valence electrons. The fourth-order valence-electron chi connectivity index (χ4n) is 3.99. The van der Waals surface area contributed by atoms with E-state index in [9.17, 15) is 9.59 Å². The number of aromatic nitrogens is 3. The number of nitrogens with zero attached hydrogens (tertiary/aromatic N) is 5. The first-order valence-electron chi connectivity index (χ1n) is 11.2. The summed E-state index contributed by atoms with van der Waals surface area (Å²) in [5.41, 5.74) is 1.29. The molecule has 8 nitrogen and oxygen atoms in total. The Bertz CT molecular complexity index is 1120. The monoisotopic (exact) mass is 479 g/mol. The van der Waals surface area contributed by atoms with Crippen molar-refractivity contribution in [1.29, 1.82) is 0 Å². The van der Waals surface area contributed by atoms with Crippen LogP contribution in [0.2, 0.25) is 0 Å². The van der Waals surface area contributed by atoms with Crippen LogP contribution in [0.25, 0.3) is 5.69 Å². The van der Waals surface area contributed by atoms with E-state index in [-0.39, 0.29) is 17.6 Å². The number of hydrogen-bond acceptors (Lipinski definition) is 6. The first-order valence-corrected chi connectivity index (χ1v) is 12.2. The van der Waals surface area contributed by atoms with Crippen LogP contribution in [0.5, 0.6) is 5.75 Å². The minimum absolute atomic E-state index is 0.0312. The minimum atomic E-state index is -0.602. The van der Waals surface area contributed by atoms with Crippen LogP contribution in [0, 0.1) is 0 Å². The van der Waals surface area contributed by atoms with E-state index >= 15 is 0 Å². The molecule has 3 aromatic rings. The molecule has 1 aliphatic heterocycles. The zero-order valence-electron chi connectivity index (χ0n) is 19.7. The van der Waals surface area contributed by atoms with Crippen molar-refractivity contribution in [1.82, 2.24) is 24.6 Å². The largest absolute Gasteiger partial charge is 0.497 e. The Morgan fingerprint density at radius 2 is 1.62 bits per heavy atom. The number of amides is 2. The normalized spacial score (nSPS) is 14.2. The third-order valence-electron chi connectivity index (χ3n) is 6.14. The Hall–Kier alpha value is -3.33. The van der Waals surface area contributed by atoms with E-state index < -0.39 is 5.41 Å². The van der Waals surface area contributed by atoms with E-state index in [1.165, 1.54) is 11.8 Å². The predicted molar refractivity (Wildman–Crippen MR) is 131 cm³/mol. The van der Waals surface area contributed by atoms with Gasteiger partial charge >= 0.3 is 0 Å². The molecule has 0 bridgehead atoms.